The molecule has 0 saturated carbocycles. The van der Waals surface area contributed by atoms with Crippen molar-refractivity contribution in [3.8, 4) is 5.69 Å². The van der Waals surface area contributed by atoms with Gasteiger partial charge in [0.2, 0.25) is 0 Å². The van der Waals surface area contributed by atoms with Crippen LogP contribution in [0.25, 0.3) is 16.7 Å². The van der Waals surface area contributed by atoms with Gasteiger partial charge in [0.05, 0.1) is 16.7 Å². The Morgan fingerprint density at radius 3 is 2.58 bits per heavy atom. The van der Waals surface area contributed by atoms with Gasteiger partial charge in [0.25, 0.3) is 0 Å². The van der Waals surface area contributed by atoms with Crippen molar-refractivity contribution in [3.05, 3.63) is 58.1 Å². The highest BCUT2D eigenvalue weighted by Crippen LogP contribution is 2.22. The molecule has 0 amide bonds. The molecule has 0 bridgehead atoms. The summed E-state index contributed by atoms with van der Waals surface area (Å²) in [6, 6.07) is 11.0. The Bertz CT molecular complexity index is 810. The van der Waals surface area contributed by atoms with E-state index >= 15 is 0 Å². The van der Waals surface area contributed by atoms with Crippen LogP contribution in [-0.2, 0) is 0 Å². The second kappa shape index (κ2) is 4.31. The number of nitrogens with zero attached hydrogens (tertiary/aromatic N) is 1. The smallest absolute Gasteiger partial charge is 0.182 e. The summed E-state index contributed by atoms with van der Waals surface area (Å²) >= 11 is 5.35. The Morgan fingerprint density at radius 2 is 1.84 bits per heavy atom. The number of aromatic amines is 1. The summed E-state index contributed by atoms with van der Waals surface area (Å²) in [6.07, 6.45) is 0. The fourth-order valence-corrected chi connectivity index (χ4v) is 2.64. The second-order valence-corrected chi connectivity index (χ2v) is 5.16. The van der Waals surface area contributed by atoms with Gasteiger partial charge in [0.1, 0.15) is 5.82 Å². The summed E-state index contributed by atoms with van der Waals surface area (Å²) < 4.78 is 16.0. The first-order valence-electron chi connectivity index (χ1n) is 6.03. The minimum absolute atomic E-state index is 0.252. The number of benzene rings is 2. The molecular weight excluding hydrogens is 259 g/mol. The molecule has 0 aliphatic heterocycles. The first kappa shape index (κ1) is 12.1. The molecule has 0 aliphatic carbocycles. The zero-order valence-electron chi connectivity index (χ0n) is 10.7. The maximum absolute atomic E-state index is 13.6. The summed E-state index contributed by atoms with van der Waals surface area (Å²) in [5.74, 6) is -0.252. The predicted molar refractivity (Wildman–Crippen MR) is 77.9 cm³/mol. The molecule has 3 aromatic rings. The Kier molecular flexibility index (Phi) is 2.75. The van der Waals surface area contributed by atoms with E-state index in [0.29, 0.717) is 4.77 Å². The molecule has 0 aliphatic rings. The molecule has 0 atom stereocenters. The van der Waals surface area contributed by atoms with E-state index in [9.17, 15) is 4.39 Å². The van der Waals surface area contributed by atoms with Crippen LogP contribution in [0.4, 0.5) is 4.39 Å². The van der Waals surface area contributed by atoms with E-state index in [-0.39, 0.29) is 5.82 Å². The second-order valence-electron chi connectivity index (χ2n) is 4.77. The molecule has 2 aromatic carbocycles. The Labute approximate surface area is 115 Å². The van der Waals surface area contributed by atoms with Crippen molar-refractivity contribution in [2.45, 2.75) is 13.8 Å². The average Bonchev–Trinajstić information content (AvgIpc) is 2.62. The van der Waals surface area contributed by atoms with Crippen LogP contribution in [0.2, 0.25) is 0 Å². The monoisotopic (exact) mass is 272 g/mol. The number of imidazole rings is 1. The largest absolute Gasteiger partial charge is 0.330 e. The summed E-state index contributed by atoms with van der Waals surface area (Å²) in [7, 11) is 0. The number of H-pyrrole nitrogens is 1. The third-order valence-corrected chi connectivity index (χ3v) is 3.41. The number of rotatable bonds is 1. The van der Waals surface area contributed by atoms with Crippen molar-refractivity contribution >= 4 is 23.3 Å². The predicted octanol–water partition coefficient (Wildman–Crippen LogP) is 4.44. The number of fused-ring (bicyclic) bond motifs is 1. The molecule has 1 aromatic heterocycles. The minimum atomic E-state index is -0.252. The van der Waals surface area contributed by atoms with Gasteiger partial charge in [-0.25, -0.2) is 4.39 Å². The molecule has 0 saturated heterocycles. The van der Waals surface area contributed by atoms with E-state index in [0.717, 1.165) is 27.8 Å². The summed E-state index contributed by atoms with van der Waals surface area (Å²) in [6.45, 7) is 3.90. The topological polar surface area (TPSA) is 20.7 Å². The first-order chi connectivity index (χ1) is 9.04. The number of nitrogens with one attached hydrogen (secondary N) is 1. The van der Waals surface area contributed by atoms with Crippen molar-refractivity contribution < 1.29 is 4.39 Å². The lowest BCUT2D eigenvalue weighted by Gasteiger charge is -2.06. The van der Waals surface area contributed by atoms with Crippen molar-refractivity contribution in [2.75, 3.05) is 0 Å². The number of aryl methyl sites for hydroxylation is 2. The van der Waals surface area contributed by atoms with Crippen LogP contribution in [0.3, 0.4) is 0 Å². The van der Waals surface area contributed by atoms with E-state index in [1.165, 1.54) is 12.1 Å². The maximum Gasteiger partial charge on any atom is 0.182 e. The molecule has 2 nitrogen and oxygen atoms in total. The van der Waals surface area contributed by atoms with E-state index in [1.54, 1.807) is 0 Å². The lowest BCUT2D eigenvalue weighted by molar-refractivity contribution is 0.625. The fraction of sp³-hybridized carbons (Fsp3) is 0.133. The Balaban J connectivity index is 2.36. The van der Waals surface area contributed by atoms with Gasteiger partial charge in [0, 0.05) is 0 Å². The molecule has 96 valence electrons. The number of aromatic nitrogens is 2. The van der Waals surface area contributed by atoms with Crippen LogP contribution in [0, 0.1) is 24.4 Å². The van der Waals surface area contributed by atoms with Gasteiger partial charge in [-0.15, -0.1) is 0 Å². The first-order valence-corrected chi connectivity index (χ1v) is 6.44. The third-order valence-electron chi connectivity index (χ3n) is 3.12. The number of hydrogen-bond donors (Lipinski definition) is 1. The zero-order chi connectivity index (χ0) is 13.6. The lowest BCUT2D eigenvalue weighted by Crippen LogP contribution is -1.95. The van der Waals surface area contributed by atoms with Gasteiger partial charge in [-0.3, -0.25) is 4.57 Å². The zero-order valence-corrected chi connectivity index (χ0v) is 11.5. The fourth-order valence-electron chi connectivity index (χ4n) is 2.33. The van der Waals surface area contributed by atoms with Crippen LogP contribution in [0.5, 0.6) is 0 Å². The van der Waals surface area contributed by atoms with Crippen LogP contribution >= 0.6 is 12.2 Å². The molecule has 1 N–H and O–H groups in total. The molecular formula is C15H13FN2S. The van der Waals surface area contributed by atoms with Crippen LogP contribution in [-0.4, -0.2) is 9.55 Å². The van der Waals surface area contributed by atoms with Crippen LogP contribution < -0.4 is 0 Å². The molecule has 4 heteroatoms. The quantitative estimate of drug-likeness (QED) is 0.649. The van der Waals surface area contributed by atoms with E-state index in [4.69, 9.17) is 12.2 Å². The van der Waals surface area contributed by atoms with E-state index in [2.05, 4.69) is 4.98 Å². The normalized spacial score (nSPS) is 11.1. The summed E-state index contributed by atoms with van der Waals surface area (Å²) in [5.41, 5.74) is 4.70. The van der Waals surface area contributed by atoms with Crippen LogP contribution in [0.1, 0.15) is 11.1 Å². The standard InChI is InChI=1S/C15H13FN2S/c1-9-3-4-14-13(7-9)17-15(19)18(14)12-6-10(2)5-11(16)8-12/h3-8H,1-2H3,(H,17,19). The van der Waals surface area contributed by atoms with Crippen molar-refractivity contribution in [2.24, 2.45) is 0 Å². The van der Waals surface area contributed by atoms with Gasteiger partial charge in [-0.05, 0) is 67.5 Å². The Morgan fingerprint density at radius 1 is 1.05 bits per heavy atom. The minimum Gasteiger partial charge on any atom is -0.330 e. The molecule has 1 heterocycles. The highest BCUT2D eigenvalue weighted by atomic mass is 32.1. The highest BCUT2D eigenvalue weighted by Gasteiger charge is 2.08. The van der Waals surface area contributed by atoms with Gasteiger partial charge in [-0.2, -0.15) is 0 Å². The molecule has 0 spiro atoms. The molecule has 19 heavy (non-hydrogen) atoms. The maximum atomic E-state index is 13.6. The number of hydrogen-bond acceptors (Lipinski definition) is 1. The van der Waals surface area contributed by atoms with Crippen molar-refractivity contribution in [1.29, 1.82) is 0 Å². The van der Waals surface area contributed by atoms with Gasteiger partial charge in [0.15, 0.2) is 4.77 Å². The Hall–Kier alpha value is -1.94. The van der Waals surface area contributed by atoms with Gasteiger partial charge < -0.3 is 4.98 Å². The van der Waals surface area contributed by atoms with Gasteiger partial charge in [-0.1, -0.05) is 6.07 Å². The third kappa shape index (κ3) is 2.08. The van der Waals surface area contributed by atoms with Gasteiger partial charge >= 0.3 is 0 Å². The molecule has 3 rings (SSSR count). The van der Waals surface area contributed by atoms with E-state index < -0.39 is 0 Å². The number of halogens is 1. The average molecular weight is 272 g/mol. The lowest BCUT2D eigenvalue weighted by atomic mass is 10.2. The molecule has 0 fully saturated rings. The summed E-state index contributed by atoms with van der Waals surface area (Å²) in [5, 5.41) is 0. The summed E-state index contributed by atoms with van der Waals surface area (Å²) in [4.78, 5) is 3.16. The molecule has 0 unspecified atom stereocenters. The highest BCUT2D eigenvalue weighted by molar-refractivity contribution is 7.71. The van der Waals surface area contributed by atoms with Crippen LogP contribution in [0.15, 0.2) is 36.4 Å². The van der Waals surface area contributed by atoms with Crippen molar-refractivity contribution in [1.82, 2.24) is 9.55 Å². The SMILES string of the molecule is Cc1cc(F)cc(-n2c(=S)[nH]c3cc(C)ccc32)c1. The van der Waals surface area contributed by atoms with Crippen molar-refractivity contribution in [3.63, 3.8) is 0 Å². The molecule has 0 radical (unpaired) electrons. The van der Waals surface area contributed by atoms with E-state index in [1.807, 2.05) is 42.7 Å².